The van der Waals surface area contributed by atoms with Gasteiger partial charge in [-0.2, -0.15) is 0 Å². The van der Waals surface area contributed by atoms with Crippen LogP contribution < -0.4 is 0 Å². The second-order valence-corrected chi connectivity index (χ2v) is 5.12. The number of hydrogen-bond donors (Lipinski definition) is 0. The molecule has 2 aromatic rings. The highest BCUT2D eigenvalue weighted by Gasteiger charge is 2.14. The van der Waals surface area contributed by atoms with Gasteiger partial charge in [-0.3, -0.25) is 9.78 Å². The molecule has 110 valence electrons. The maximum Gasteiger partial charge on any atom is 0.254 e. The number of benzene rings is 1. The fourth-order valence-electron chi connectivity index (χ4n) is 2.32. The molecule has 0 bridgehead atoms. The van der Waals surface area contributed by atoms with Gasteiger partial charge in [0.05, 0.1) is 0 Å². The van der Waals surface area contributed by atoms with Crippen molar-refractivity contribution in [3.8, 4) is 0 Å². The van der Waals surface area contributed by atoms with Crippen molar-refractivity contribution in [1.29, 1.82) is 0 Å². The summed E-state index contributed by atoms with van der Waals surface area (Å²) in [5.41, 5.74) is 3.14. The van der Waals surface area contributed by atoms with E-state index in [1.807, 2.05) is 36.1 Å². The molecule has 0 saturated heterocycles. The van der Waals surface area contributed by atoms with Crippen LogP contribution in [0.3, 0.4) is 0 Å². The van der Waals surface area contributed by atoms with Crippen molar-refractivity contribution in [1.82, 2.24) is 9.88 Å². The van der Waals surface area contributed by atoms with Crippen molar-refractivity contribution in [2.45, 2.75) is 33.2 Å². The highest BCUT2D eigenvalue weighted by Crippen LogP contribution is 2.12. The van der Waals surface area contributed by atoms with Gasteiger partial charge in [-0.1, -0.05) is 25.5 Å². The van der Waals surface area contributed by atoms with E-state index in [4.69, 9.17) is 0 Å². The number of carbonyl (C=O) groups is 1. The Labute approximate surface area is 126 Å². The van der Waals surface area contributed by atoms with Gasteiger partial charge in [0, 0.05) is 31.0 Å². The van der Waals surface area contributed by atoms with Crippen molar-refractivity contribution in [3.63, 3.8) is 0 Å². The SMILES string of the molecule is CCCc1ccc(C(=O)N(CC)Cc2ccncc2)cc1. The number of pyridine rings is 1. The summed E-state index contributed by atoms with van der Waals surface area (Å²) in [7, 11) is 0. The predicted octanol–water partition coefficient (Wildman–Crippen LogP) is 3.70. The van der Waals surface area contributed by atoms with Crippen molar-refractivity contribution < 1.29 is 4.79 Å². The minimum absolute atomic E-state index is 0.0809. The van der Waals surface area contributed by atoms with Crippen LogP contribution in [0.5, 0.6) is 0 Å². The molecule has 21 heavy (non-hydrogen) atoms. The molecule has 0 aliphatic rings. The van der Waals surface area contributed by atoms with Crippen LogP contribution in [0.15, 0.2) is 48.8 Å². The number of amides is 1. The Bertz CT molecular complexity index is 564. The molecule has 0 spiro atoms. The van der Waals surface area contributed by atoms with E-state index in [9.17, 15) is 4.79 Å². The Morgan fingerprint density at radius 1 is 1.00 bits per heavy atom. The fraction of sp³-hybridized carbons (Fsp3) is 0.333. The average molecular weight is 282 g/mol. The molecule has 1 aromatic heterocycles. The molecule has 1 amide bonds. The van der Waals surface area contributed by atoms with E-state index in [-0.39, 0.29) is 5.91 Å². The Morgan fingerprint density at radius 3 is 2.24 bits per heavy atom. The van der Waals surface area contributed by atoms with Gasteiger partial charge in [0.2, 0.25) is 0 Å². The zero-order valence-electron chi connectivity index (χ0n) is 12.7. The number of aromatic nitrogens is 1. The molecule has 0 N–H and O–H groups in total. The number of nitrogens with zero attached hydrogens (tertiary/aromatic N) is 2. The quantitative estimate of drug-likeness (QED) is 0.809. The molecule has 0 unspecified atom stereocenters. The third-order valence-corrected chi connectivity index (χ3v) is 3.53. The zero-order valence-corrected chi connectivity index (χ0v) is 12.7. The standard InChI is InChI=1S/C18H22N2O/c1-3-5-15-6-8-17(9-7-15)18(21)20(4-2)14-16-10-12-19-13-11-16/h6-13H,3-5,14H2,1-2H3. The maximum absolute atomic E-state index is 12.6. The van der Waals surface area contributed by atoms with E-state index >= 15 is 0 Å². The lowest BCUT2D eigenvalue weighted by Gasteiger charge is -2.21. The topological polar surface area (TPSA) is 33.2 Å². The lowest BCUT2D eigenvalue weighted by molar-refractivity contribution is 0.0752. The monoisotopic (exact) mass is 282 g/mol. The van der Waals surface area contributed by atoms with Gasteiger partial charge in [-0.25, -0.2) is 0 Å². The van der Waals surface area contributed by atoms with Crippen LogP contribution in [0.25, 0.3) is 0 Å². The van der Waals surface area contributed by atoms with Crippen LogP contribution in [-0.4, -0.2) is 22.3 Å². The lowest BCUT2D eigenvalue weighted by Crippen LogP contribution is -2.30. The smallest absolute Gasteiger partial charge is 0.254 e. The summed E-state index contributed by atoms with van der Waals surface area (Å²) in [6.45, 7) is 5.48. The van der Waals surface area contributed by atoms with Crippen LogP contribution in [0.1, 0.15) is 41.8 Å². The normalized spacial score (nSPS) is 10.4. The summed E-state index contributed by atoms with van der Waals surface area (Å²) in [4.78, 5) is 18.4. The summed E-state index contributed by atoms with van der Waals surface area (Å²) in [5.74, 6) is 0.0809. The summed E-state index contributed by atoms with van der Waals surface area (Å²) < 4.78 is 0. The molecule has 0 fully saturated rings. The molecular formula is C18H22N2O. The maximum atomic E-state index is 12.6. The largest absolute Gasteiger partial charge is 0.335 e. The van der Waals surface area contributed by atoms with Gasteiger partial charge in [0.1, 0.15) is 0 Å². The second-order valence-electron chi connectivity index (χ2n) is 5.12. The minimum Gasteiger partial charge on any atom is -0.335 e. The van der Waals surface area contributed by atoms with Crippen LogP contribution in [0.2, 0.25) is 0 Å². The molecule has 0 atom stereocenters. The van der Waals surface area contributed by atoms with Crippen molar-refractivity contribution in [2.24, 2.45) is 0 Å². The first-order valence-electron chi connectivity index (χ1n) is 7.51. The average Bonchev–Trinajstić information content (AvgIpc) is 2.54. The summed E-state index contributed by atoms with van der Waals surface area (Å²) in [5, 5.41) is 0. The third-order valence-electron chi connectivity index (χ3n) is 3.53. The first-order valence-corrected chi connectivity index (χ1v) is 7.51. The Balaban J connectivity index is 2.08. The van der Waals surface area contributed by atoms with Crippen LogP contribution >= 0.6 is 0 Å². The zero-order chi connectivity index (χ0) is 15.1. The van der Waals surface area contributed by atoms with Crippen molar-refractivity contribution in [3.05, 3.63) is 65.5 Å². The number of aryl methyl sites for hydroxylation is 1. The number of hydrogen-bond acceptors (Lipinski definition) is 2. The van der Waals surface area contributed by atoms with Gasteiger partial charge in [0.15, 0.2) is 0 Å². The first-order chi connectivity index (χ1) is 10.2. The Morgan fingerprint density at radius 2 is 1.67 bits per heavy atom. The predicted molar refractivity (Wildman–Crippen MR) is 85.1 cm³/mol. The second kappa shape index (κ2) is 7.58. The van der Waals surface area contributed by atoms with Gasteiger partial charge < -0.3 is 4.90 Å². The molecule has 0 aliphatic heterocycles. The van der Waals surface area contributed by atoms with Gasteiger partial charge in [-0.15, -0.1) is 0 Å². The molecule has 2 rings (SSSR count). The third kappa shape index (κ3) is 4.15. The van der Waals surface area contributed by atoms with Crippen molar-refractivity contribution in [2.75, 3.05) is 6.54 Å². The van der Waals surface area contributed by atoms with E-state index in [0.717, 1.165) is 24.0 Å². The highest BCUT2D eigenvalue weighted by molar-refractivity contribution is 5.94. The minimum atomic E-state index is 0.0809. The lowest BCUT2D eigenvalue weighted by atomic mass is 10.1. The molecule has 1 aromatic carbocycles. The van der Waals surface area contributed by atoms with Gasteiger partial charge in [0.25, 0.3) is 5.91 Å². The van der Waals surface area contributed by atoms with Crippen LogP contribution in [0, 0.1) is 0 Å². The van der Waals surface area contributed by atoms with E-state index in [1.54, 1.807) is 12.4 Å². The van der Waals surface area contributed by atoms with E-state index in [1.165, 1.54) is 5.56 Å². The summed E-state index contributed by atoms with van der Waals surface area (Å²) >= 11 is 0. The summed E-state index contributed by atoms with van der Waals surface area (Å²) in [6, 6.07) is 11.9. The molecular weight excluding hydrogens is 260 g/mol. The molecule has 0 radical (unpaired) electrons. The van der Waals surface area contributed by atoms with Crippen LogP contribution in [0.4, 0.5) is 0 Å². The number of carbonyl (C=O) groups excluding carboxylic acids is 1. The molecule has 0 saturated carbocycles. The van der Waals surface area contributed by atoms with Crippen LogP contribution in [-0.2, 0) is 13.0 Å². The number of rotatable bonds is 6. The molecule has 0 aliphatic carbocycles. The Hall–Kier alpha value is -2.16. The van der Waals surface area contributed by atoms with E-state index in [2.05, 4.69) is 24.0 Å². The molecule has 3 nitrogen and oxygen atoms in total. The highest BCUT2D eigenvalue weighted by atomic mass is 16.2. The van der Waals surface area contributed by atoms with Gasteiger partial charge in [-0.05, 0) is 48.7 Å². The molecule has 1 heterocycles. The molecule has 3 heteroatoms. The Kier molecular flexibility index (Phi) is 5.50. The van der Waals surface area contributed by atoms with E-state index < -0.39 is 0 Å². The summed E-state index contributed by atoms with van der Waals surface area (Å²) in [6.07, 6.45) is 5.69. The van der Waals surface area contributed by atoms with Crippen molar-refractivity contribution >= 4 is 5.91 Å². The fourth-order valence-corrected chi connectivity index (χ4v) is 2.32. The first kappa shape index (κ1) is 15.2. The van der Waals surface area contributed by atoms with E-state index in [0.29, 0.717) is 13.1 Å². The van der Waals surface area contributed by atoms with Gasteiger partial charge >= 0.3 is 0 Å².